The maximum absolute atomic E-state index is 11.7. The molecule has 0 radical (unpaired) electrons. The molecule has 0 aliphatic rings. The van der Waals surface area contributed by atoms with Crippen LogP contribution in [0.15, 0.2) is 6.20 Å². The van der Waals surface area contributed by atoms with E-state index in [-0.39, 0.29) is 17.4 Å². The molecular weight excluding hydrogens is 180 g/mol. The minimum absolute atomic E-state index is 0.00509. The number of ketones is 1. The van der Waals surface area contributed by atoms with Gasteiger partial charge in [-0.05, 0) is 5.92 Å². The number of carbonyl (C=O) groups is 1. The Balaban J connectivity index is 2.90. The van der Waals surface area contributed by atoms with Crippen molar-refractivity contribution in [1.29, 1.82) is 5.26 Å². The van der Waals surface area contributed by atoms with Crippen molar-refractivity contribution >= 4 is 5.78 Å². The van der Waals surface area contributed by atoms with Gasteiger partial charge in [-0.2, -0.15) is 5.26 Å². The lowest BCUT2D eigenvalue weighted by molar-refractivity contribution is 0.0919. The van der Waals surface area contributed by atoms with Gasteiger partial charge in [0, 0.05) is 7.05 Å². The second-order valence-electron chi connectivity index (χ2n) is 3.49. The minimum atomic E-state index is -0.633. The van der Waals surface area contributed by atoms with Crippen molar-refractivity contribution in [3.05, 3.63) is 11.9 Å². The van der Waals surface area contributed by atoms with Gasteiger partial charge in [0.15, 0.2) is 0 Å². The lowest BCUT2D eigenvalue weighted by atomic mass is 9.92. The van der Waals surface area contributed by atoms with Crippen LogP contribution in [-0.2, 0) is 7.05 Å². The fraction of sp³-hybridized carbons (Fsp3) is 0.556. The number of nitrogens with zero attached hydrogens (tertiary/aromatic N) is 4. The van der Waals surface area contributed by atoms with Crippen LogP contribution in [0.2, 0.25) is 0 Å². The van der Waals surface area contributed by atoms with E-state index in [0.29, 0.717) is 0 Å². The van der Waals surface area contributed by atoms with E-state index in [1.54, 1.807) is 7.05 Å². The molecule has 74 valence electrons. The van der Waals surface area contributed by atoms with Gasteiger partial charge in [-0.25, -0.2) is 0 Å². The summed E-state index contributed by atoms with van der Waals surface area (Å²) in [4.78, 5) is 11.7. The molecule has 1 aromatic rings. The van der Waals surface area contributed by atoms with E-state index in [4.69, 9.17) is 5.26 Å². The van der Waals surface area contributed by atoms with Gasteiger partial charge in [0.05, 0.1) is 12.3 Å². The normalized spacial score (nSPS) is 12.5. The van der Waals surface area contributed by atoms with Crippen molar-refractivity contribution in [1.82, 2.24) is 15.0 Å². The van der Waals surface area contributed by atoms with Gasteiger partial charge >= 0.3 is 0 Å². The number of carbonyl (C=O) groups excluding carboxylic acids is 1. The number of nitriles is 1. The van der Waals surface area contributed by atoms with Crippen molar-refractivity contribution in [2.24, 2.45) is 18.9 Å². The van der Waals surface area contributed by atoms with Gasteiger partial charge in [-0.15, -0.1) is 5.10 Å². The van der Waals surface area contributed by atoms with Crippen molar-refractivity contribution in [3.8, 4) is 6.07 Å². The highest BCUT2D eigenvalue weighted by Gasteiger charge is 2.25. The van der Waals surface area contributed by atoms with Crippen LogP contribution >= 0.6 is 0 Å². The molecule has 0 aliphatic carbocycles. The van der Waals surface area contributed by atoms with Gasteiger partial charge in [0.2, 0.25) is 5.78 Å². The number of aromatic nitrogens is 3. The SMILES string of the molecule is CC(C)C(C#N)C(=O)c1cn(C)nn1. The van der Waals surface area contributed by atoms with E-state index in [1.165, 1.54) is 10.9 Å². The molecule has 0 saturated heterocycles. The van der Waals surface area contributed by atoms with E-state index in [2.05, 4.69) is 10.3 Å². The lowest BCUT2D eigenvalue weighted by Gasteiger charge is -2.08. The van der Waals surface area contributed by atoms with E-state index in [1.807, 2.05) is 19.9 Å². The van der Waals surface area contributed by atoms with Crippen LogP contribution in [0, 0.1) is 23.2 Å². The van der Waals surface area contributed by atoms with E-state index in [9.17, 15) is 4.79 Å². The monoisotopic (exact) mass is 192 g/mol. The topological polar surface area (TPSA) is 71.6 Å². The van der Waals surface area contributed by atoms with Crippen LogP contribution in [0.5, 0.6) is 0 Å². The molecule has 0 saturated carbocycles. The molecular formula is C9H12N4O. The fourth-order valence-corrected chi connectivity index (χ4v) is 1.13. The summed E-state index contributed by atoms with van der Waals surface area (Å²) in [7, 11) is 1.68. The second kappa shape index (κ2) is 4.01. The van der Waals surface area contributed by atoms with Crippen molar-refractivity contribution in [3.63, 3.8) is 0 Å². The molecule has 0 spiro atoms. The summed E-state index contributed by atoms with van der Waals surface area (Å²) < 4.78 is 1.45. The third kappa shape index (κ3) is 1.96. The van der Waals surface area contributed by atoms with Crippen LogP contribution in [0.4, 0.5) is 0 Å². The largest absolute Gasteiger partial charge is 0.291 e. The first kappa shape index (κ1) is 10.4. The number of hydrogen-bond donors (Lipinski definition) is 0. The maximum atomic E-state index is 11.7. The van der Waals surface area contributed by atoms with Crippen LogP contribution in [0.25, 0.3) is 0 Å². The van der Waals surface area contributed by atoms with Crippen LogP contribution in [0.1, 0.15) is 24.3 Å². The van der Waals surface area contributed by atoms with Gasteiger partial charge in [-0.1, -0.05) is 19.1 Å². The van der Waals surface area contributed by atoms with Crippen LogP contribution in [0.3, 0.4) is 0 Å². The Labute approximate surface area is 82.3 Å². The first-order chi connectivity index (χ1) is 6.56. The Bertz CT molecular complexity index is 374. The number of aryl methyl sites for hydroxylation is 1. The highest BCUT2D eigenvalue weighted by atomic mass is 16.1. The Morgan fingerprint density at radius 1 is 1.64 bits per heavy atom. The molecule has 0 N–H and O–H groups in total. The van der Waals surface area contributed by atoms with Crippen LogP contribution in [-0.4, -0.2) is 20.8 Å². The summed E-state index contributed by atoms with van der Waals surface area (Å²) >= 11 is 0. The molecule has 0 fully saturated rings. The van der Waals surface area contributed by atoms with Gasteiger partial charge in [0.25, 0.3) is 0 Å². The minimum Gasteiger partial charge on any atom is -0.291 e. The van der Waals surface area contributed by atoms with Gasteiger partial charge in [0.1, 0.15) is 11.6 Å². The van der Waals surface area contributed by atoms with Gasteiger partial charge < -0.3 is 0 Å². The molecule has 0 aliphatic heterocycles. The zero-order valence-electron chi connectivity index (χ0n) is 8.43. The number of Topliss-reactive ketones (excluding diaryl/α,β-unsaturated/α-hetero) is 1. The molecule has 5 nitrogen and oxygen atoms in total. The predicted molar refractivity (Wildman–Crippen MR) is 49.3 cm³/mol. The molecule has 0 aromatic carbocycles. The highest BCUT2D eigenvalue weighted by Crippen LogP contribution is 2.14. The zero-order chi connectivity index (χ0) is 10.7. The standard InChI is InChI=1S/C9H12N4O/c1-6(2)7(4-10)9(14)8-5-13(3)12-11-8/h5-7H,1-3H3. The molecule has 1 rings (SSSR count). The van der Waals surface area contributed by atoms with E-state index < -0.39 is 5.92 Å². The summed E-state index contributed by atoms with van der Waals surface area (Å²) in [5.41, 5.74) is 0.257. The van der Waals surface area contributed by atoms with E-state index in [0.717, 1.165) is 0 Å². The maximum Gasteiger partial charge on any atom is 0.202 e. The van der Waals surface area contributed by atoms with Crippen LogP contribution < -0.4 is 0 Å². The molecule has 0 bridgehead atoms. The van der Waals surface area contributed by atoms with Crippen molar-refractivity contribution < 1.29 is 4.79 Å². The number of hydrogen-bond acceptors (Lipinski definition) is 4. The van der Waals surface area contributed by atoms with Crippen molar-refractivity contribution in [2.45, 2.75) is 13.8 Å². The Kier molecular flexibility index (Phi) is 2.97. The Hall–Kier alpha value is -1.70. The third-order valence-corrected chi connectivity index (χ3v) is 1.94. The lowest BCUT2D eigenvalue weighted by Crippen LogP contribution is -2.19. The predicted octanol–water partition coefficient (Wildman–Crippen LogP) is 0.794. The average molecular weight is 192 g/mol. The summed E-state index contributed by atoms with van der Waals surface area (Å²) in [6.07, 6.45) is 1.52. The Morgan fingerprint density at radius 2 is 2.29 bits per heavy atom. The average Bonchev–Trinajstić information content (AvgIpc) is 2.52. The molecule has 1 unspecified atom stereocenters. The summed E-state index contributed by atoms with van der Waals surface area (Å²) in [5, 5.41) is 16.1. The second-order valence-corrected chi connectivity index (χ2v) is 3.49. The highest BCUT2D eigenvalue weighted by molar-refractivity contribution is 5.97. The first-order valence-corrected chi connectivity index (χ1v) is 4.36. The smallest absolute Gasteiger partial charge is 0.202 e. The molecule has 5 heteroatoms. The third-order valence-electron chi connectivity index (χ3n) is 1.94. The first-order valence-electron chi connectivity index (χ1n) is 4.36. The van der Waals surface area contributed by atoms with Crippen molar-refractivity contribution in [2.75, 3.05) is 0 Å². The zero-order valence-corrected chi connectivity index (χ0v) is 8.43. The molecule has 1 aromatic heterocycles. The summed E-state index contributed by atoms with van der Waals surface area (Å²) in [5.74, 6) is -0.892. The quantitative estimate of drug-likeness (QED) is 0.664. The number of rotatable bonds is 3. The van der Waals surface area contributed by atoms with Gasteiger partial charge in [-0.3, -0.25) is 9.48 Å². The summed E-state index contributed by atoms with van der Waals surface area (Å²) in [6, 6.07) is 1.98. The molecule has 14 heavy (non-hydrogen) atoms. The Morgan fingerprint density at radius 3 is 2.64 bits per heavy atom. The molecule has 1 atom stereocenters. The molecule has 1 heterocycles. The fourth-order valence-electron chi connectivity index (χ4n) is 1.13. The molecule has 0 amide bonds. The van der Waals surface area contributed by atoms with E-state index >= 15 is 0 Å². The summed E-state index contributed by atoms with van der Waals surface area (Å²) in [6.45, 7) is 3.67.